The molecular formula is C10H14N2O. The molecule has 1 aliphatic heterocycles. The molecule has 0 radical (unpaired) electrons. The van der Waals surface area contributed by atoms with Gasteiger partial charge < -0.3 is 9.88 Å². The fraction of sp³-hybridized carbons (Fsp3) is 0.500. The SMILES string of the molecule is CN1c2ccc(=O)[nH]c2CC1(C)C. The molecular weight excluding hydrogens is 164 g/mol. The largest absolute Gasteiger partial charge is 0.368 e. The highest BCUT2D eigenvalue weighted by atomic mass is 16.1. The van der Waals surface area contributed by atoms with Crippen molar-refractivity contribution < 1.29 is 0 Å². The van der Waals surface area contributed by atoms with Crippen LogP contribution < -0.4 is 10.5 Å². The van der Waals surface area contributed by atoms with E-state index in [1.165, 1.54) is 0 Å². The standard InChI is InChI=1S/C10H14N2O/c1-10(2)6-7-8(12(10)3)4-5-9(13)11-7/h4-5H,6H2,1-3H3,(H,11,13). The van der Waals surface area contributed by atoms with E-state index in [0.717, 1.165) is 17.8 Å². The summed E-state index contributed by atoms with van der Waals surface area (Å²) >= 11 is 0. The topological polar surface area (TPSA) is 36.1 Å². The zero-order chi connectivity index (χ0) is 9.64. The first-order valence-electron chi connectivity index (χ1n) is 4.47. The van der Waals surface area contributed by atoms with E-state index in [1.54, 1.807) is 6.07 Å². The molecule has 0 saturated heterocycles. The number of fused-ring (bicyclic) bond motifs is 1. The Kier molecular flexibility index (Phi) is 1.53. The van der Waals surface area contributed by atoms with Crippen LogP contribution >= 0.6 is 0 Å². The predicted octanol–water partition coefficient (Wildman–Crippen LogP) is 1.15. The van der Waals surface area contributed by atoms with Crippen molar-refractivity contribution in [3.63, 3.8) is 0 Å². The smallest absolute Gasteiger partial charge is 0.248 e. The third-order valence-corrected chi connectivity index (χ3v) is 2.85. The van der Waals surface area contributed by atoms with Gasteiger partial charge in [-0.2, -0.15) is 0 Å². The van der Waals surface area contributed by atoms with Crippen molar-refractivity contribution in [2.45, 2.75) is 25.8 Å². The molecule has 0 aromatic carbocycles. The van der Waals surface area contributed by atoms with Crippen molar-refractivity contribution in [2.24, 2.45) is 0 Å². The Morgan fingerprint density at radius 1 is 1.46 bits per heavy atom. The maximum absolute atomic E-state index is 11.1. The zero-order valence-electron chi connectivity index (χ0n) is 8.22. The molecule has 13 heavy (non-hydrogen) atoms. The van der Waals surface area contributed by atoms with Gasteiger partial charge in [0.2, 0.25) is 5.56 Å². The van der Waals surface area contributed by atoms with E-state index in [0.29, 0.717) is 0 Å². The molecule has 3 heteroatoms. The lowest BCUT2D eigenvalue weighted by atomic mass is 10.0. The molecule has 2 heterocycles. The lowest BCUT2D eigenvalue weighted by Gasteiger charge is -2.29. The number of H-pyrrole nitrogens is 1. The molecule has 0 fully saturated rings. The number of nitrogens with zero attached hydrogens (tertiary/aromatic N) is 1. The molecule has 1 aliphatic rings. The molecule has 0 bridgehead atoms. The van der Waals surface area contributed by atoms with Gasteiger partial charge in [-0.05, 0) is 19.9 Å². The van der Waals surface area contributed by atoms with Crippen LogP contribution in [0.1, 0.15) is 19.5 Å². The Hall–Kier alpha value is -1.25. The number of rotatable bonds is 0. The lowest BCUT2D eigenvalue weighted by Crippen LogP contribution is -2.37. The summed E-state index contributed by atoms with van der Waals surface area (Å²) in [6, 6.07) is 3.47. The van der Waals surface area contributed by atoms with Crippen LogP contribution in [0.5, 0.6) is 0 Å². The minimum Gasteiger partial charge on any atom is -0.368 e. The highest BCUT2D eigenvalue weighted by Crippen LogP contribution is 2.34. The zero-order valence-corrected chi connectivity index (χ0v) is 8.22. The first kappa shape index (κ1) is 8.35. The van der Waals surface area contributed by atoms with Crippen molar-refractivity contribution in [2.75, 3.05) is 11.9 Å². The third kappa shape index (κ3) is 1.15. The summed E-state index contributed by atoms with van der Waals surface area (Å²) in [5.41, 5.74) is 2.31. The maximum atomic E-state index is 11.1. The van der Waals surface area contributed by atoms with E-state index in [4.69, 9.17) is 0 Å². The fourth-order valence-electron chi connectivity index (χ4n) is 1.84. The number of nitrogens with one attached hydrogen (secondary N) is 1. The molecule has 70 valence electrons. The normalized spacial score (nSPS) is 18.8. The van der Waals surface area contributed by atoms with Gasteiger partial charge in [-0.15, -0.1) is 0 Å². The Bertz CT molecular complexity index is 392. The number of aromatic nitrogens is 1. The molecule has 1 aromatic heterocycles. The highest BCUT2D eigenvalue weighted by Gasteiger charge is 2.33. The first-order chi connectivity index (χ1) is 6.00. The number of anilines is 1. The Morgan fingerprint density at radius 2 is 2.15 bits per heavy atom. The lowest BCUT2D eigenvalue weighted by molar-refractivity contribution is 0.513. The van der Waals surface area contributed by atoms with Gasteiger partial charge in [0.25, 0.3) is 0 Å². The Morgan fingerprint density at radius 3 is 2.85 bits per heavy atom. The summed E-state index contributed by atoms with van der Waals surface area (Å²) in [5, 5.41) is 0. The maximum Gasteiger partial charge on any atom is 0.248 e. The molecule has 0 spiro atoms. The van der Waals surface area contributed by atoms with Crippen LogP contribution in [0.2, 0.25) is 0 Å². The average Bonchev–Trinajstić information content (AvgIpc) is 2.22. The predicted molar refractivity (Wildman–Crippen MR) is 53.2 cm³/mol. The van der Waals surface area contributed by atoms with Crippen molar-refractivity contribution in [3.8, 4) is 0 Å². The van der Waals surface area contributed by atoms with Crippen molar-refractivity contribution in [3.05, 3.63) is 28.2 Å². The highest BCUT2D eigenvalue weighted by molar-refractivity contribution is 5.57. The number of likely N-dealkylation sites (N-methyl/N-ethyl adjacent to an activating group) is 1. The average molecular weight is 178 g/mol. The van der Waals surface area contributed by atoms with Crippen molar-refractivity contribution >= 4 is 5.69 Å². The molecule has 2 rings (SSSR count). The second-order valence-electron chi connectivity index (χ2n) is 4.23. The summed E-state index contributed by atoms with van der Waals surface area (Å²) in [6.07, 6.45) is 0.912. The van der Waals surface area contributed by atoms with Gasteiger partial charge in [-0.3, -0.25) is 4.79 Å². The number of aromatic amines is 1. The van der Waals surface area contributed by atoms with Crippen LogP contribution in [0.15, 0.2) is 16.9 Å². The van der Waals surface area contributed by atoms with Crippen molar-refractivity contribution in [1.29, 1.82) is 0 Å². The minimum absolute atomic E-state index is 0.00940. The van der Waals surface area contributed by atoms with Crippen LogP contribution in [0.3, 0.4) is 0 Å². The first-order valence-corrected chi connectivity index (χ1v) is 4.47. The van der Waals surface area contributed by atoms with Crippen LogP contribution in [-0.4, -0.2) is 17.6 Å². The molecule has 1 N–H and O–H groups in total. The summed E-state index contributed by atoms with van der Waals surface area (Å²) in [6.45, 7) is 4.34. The van der Waals surface area contributed by atoms with E-state index in [-0.39, 0.29) is 11.1 Å². The van der Waals surface area contributed by atoms with E-state index in [9.17, 15) is 4.79 Å². The van der Waals surface area contributed by atoms with E-state index in [2.05, 4.69) is 30.8 Å². The van der Waals surface area contributed by atoms with Crippen LogP contribution in [0.4, 0.5) is 5.69 Å². The van der Waals surface area contributed by atoms with Gasteiger partial charge in [-0.1, -0.05) is 0 Å². The Balaban J connectivity index is 2.56. The van der Waals surface area contributed by atoms with E-state index < -0.39 is 0 Å². The van der Waals surface area contributed by atoms with Gasteiger partial charge >= 0.3 is 0 Å². The fourth-order valence-corrected chi connectivity index (χ4v) is 1.84. The van der Waals surface area contributed by atoms with Gasteiger partial charge in [-0.25, -0.2) is 0 Å². The van der Waals surface area contributed by atoms with E-state index in [1.807, 2.05) is 6.07 Å². The van der Waals surface area contributed by atoms with Gasteiger partial charge in [0.1, 0.15) is 0 Å². The second-order valence-corrected chi connectivity index (χ2v) is 4.23. The summed E-state index contributed by atoms with van der Waals surface area (Å²) < 4.78 is 0. The Labute approximate surface area is 77.4 Å². The monoisotopic (exact) mass is 178 g/mol. The van der Waals surface area contributed by atoms with Crippen molar-refractivity contribution in [1.82, 2.24) is 4.98 Å². The van der Waals surface area contributed by atoms with Gasteiger partial charge in [0.05, 0.1) is 5.69 Å². The summed E-state index contributed by atoms with van der Waals surface area (Å²) in [5.74, 6) is 0. The molecule has 0 amide bonds. The molecule has 0 saturated carbocycles. The van der Waals surface area contributed by atoms with Gasteiger partial charge in [0, 0.05) is 30.8 Å². The summed E-state index contributed by atoms with van der Waals surface area (Å²) in [7, 11) is 2.06. The van der Waals surface area contributed by atoms with Crippen LogP contribution in [0.25, 0.3) is 0 Å². The molecule has 0 atom stereocenters. The van der Waals surface area contributed by atoms with E-state index >= 15 is 0 Å². The van der Waals surface area contributed by atoms with Crippen LogP contribution in [-0.2, 0) is 6.42 Å². The number of hydrogen-bond acceptors (Lipinski definition) is 2. The van der Waals surface area contributed by atoms with Crippen LogP contribution in [0, 0.1) is 0 Å². The molecule has 3 nitrogen and oxygen atoms in total. The number of pyridine rings is 1. The van der Waals surface area contributed by atoms with Gasteiger partial charge in [0.15, 0.2) is 0 Å². The molecule has 1 aromatic rings. The third-order valence-electron chi connectivity index (χ3n) is 2.85. The molecule has 0 aliphatic carbocycles. The molecule has 0 unspecified atom stereocenters. The quantitative estimate of drug-likeness (QED) is 0.646. The second kappa shape index (κ2) is 2.37. The number of hydrogen-bond donors (Lipinski definition) is 1. The summed E-state index contributed by atoms with van der Waals surface area (Å²) in [4.78, 5) is 16.2. The minimum atomic E-state index is -0.00940.